The van der Waals surface area contributed by atoms with Gasteiger partial charge >= 0.3 is 12.1 Å². The van der Waals surface area contributed by atoms with Gasteiger partial charge in [-0.15, -0.1) is 0 Å². The van der Waals surface area contributed by atoms with Crippen LogP contribution in [0.15, 0.2) is 47.1 Å². The predicted molar refractivity (Wildman–Crippen MR) is 180 cm³/mol. The molecule has 254 valence electrons. The fourth-order valence-electron chi connectivity index (χ4n) is 9.21. The number of carbonyl (C=O) groups excluding carboxylic acids is 5. The van der Waals surface area contributed by atoms with Crippen LogP contribution in [0.25, 0.3) is 0 Å². The number of amides is 1. The Morgan fingerprint density at radius 2 is 1.72 bits per heavy atom. The number of ether oxygens (including phenoxy) is 2. The third-order valence-corrected chi connectivity index (χ3v) is 11.2. The molecule has 47 heavy (non-hydrogen) atoms. The molecule has 0 unspecified atom stereocenters. The Labute approximate surface area is 279 Å². The number of benzene rings is 1. The van der Waals surface area contributed by atoms with E-state index in [1.54, 1.807) is 11.8 Å². The first-order valence-corrected chi connectivity index (χ1v) is 17.4. The van der Waals surface area contributed by atoms with Gasteiger partial charge in [0, 0.05) is 43.3 Å². The van der Waals surface area contributed by atoms with E-state index in [0.717, 1.165) is 68.1 Å². The van der Waals surface area contributed by atoms with Crippen molar-refractivity contribution in [1.29, 1.82) is 0 Å². The lowest BCUT2D eigenvalue weighted by Crippen LogP contribution is -2.57. The molecule has 0 saturated heterocycles. The van der Waals surface area contributed by atoms with Crippen LogP contribution in [-0.4, -0.2) is 47.7 Å². The lowest BCUT2D eigenvalue weighted by Gasteiger charge is -2.55. The maximum atomic E-state index is 13.5. The number of allylic oxidation sites excluding steroid dienone is 4. The van der Waals surface area contributed by atoms with Gasteiger partial charge in [-0.25, -0.2) is 4.79 Å². The number of fused-ring (bicyclic) bond motifs is 4. The van der Waals surface area contributed by atoms with Crippen molar-refractivity contribution in [3.8, 4) is 0 Å². The van der Waals surface area contributed by atoms with Gasteiger partial charge in [0.2, 0.25) is 0 Å². The van der Waals surface area contributed by atoms with Crippen molar-refractivity contribution >= 4 is 35.6 Å². The summed E-state index contributed by atoms with van der Waals surface area (Å²) in [6.45, 7) is 11.1. The molecule has 4 aliphatic rings. The molecule has 0 aromatic heterocycles. The van der Waals surface area contributed by atoms with Crippen molar-refractivity contribution in [2.24, 2.45) is 17.3 Å². The van der Waals surface area contributed by atoms with Crippen LogP contribution in [0.4, 0.5) is 10.5 Å². The number of anilines is 1. The summed E-state index contributed by atoms with van der Waals surface area (Å²) in [5.74, 6) is 0.0332. The molecule has 0 heterocycles. The first-order valence-electron chi connectivity index (χ1n) is 17.4. The van der Waals surface area contributed by atoms with Crippen LogP contribution in [0, 0.1) is 17.3 Å². The van der Waals surface area contributed by atoms with Crippen molar-refractivity contribution < 1.29 is 33.4 Å². The minimum atomic E-state index is -1.17. The molecule has 1 aromatic carbocycles. The molecule has 0 N–H and O–H groups in total. The van der Waals surface area contributed by atoms with Crippen LogP contribution in [0.5, 0.6) is 0 Å². The number of Topliss-reactive ketones (excluding diaryl/α,β-unsaturated/α-hetero) is 1. The normalized spacial score (nSPS) is 28.4. The molecule has 2 saturated carbocycles. The molecule has 5 atom stereocenters. The summed E-state index contributed by atoms with van der Waals surface area (Å²) in [7, 11) is 0. The van der Waals surface area contributed by atoms with Crippen LogP contribution >= 0.6 is 0 Å². The highest BCUT2D eigenvalue weighted by Crippen LogP contribution is 2.67. The molecule has 2 fully saturated rings. The number of esters is 1. The summed E-state index contributed by atoms with van der Waals surface area (Å²) in [5, 5.41) is 0. The molecular weight excluding hydrogens is 594 g/mol. The number of rotatable bonds is 10. The maximum absolute atomic E-state index is 13.5. The lowest BCUT2D eigenvalue weighted by atomic mass is 9.50. The van der Waals surface area contributed by atoms with E-state index in [4.69, 9.17) is 9.47 Å². The highest BCUT2D eigenvalue weighted by Gasteiger charge is 2.67. The first kappa shape index (κ1) is 34.8. The Hall–Kier alpha value is -3.55. The van der Waals surface area contributed by atoms with E-state index in [-0.39, 0.29) is 29.3 Å². The number of ketones is 2. The molecule has 1 aromatic rings. The zero-order valence-electron chi connectivity index (χ0n) is 29.0. The third-order valence-electron chi connectivity index (χ3n) is 11.2. The largest absolute Gasteiger partial charge is 0.451 e. The maximum Gasteiger partial charge on any atom is 0.414 e. The van der Waals surface area contributed by atoms with Crippen molar-refractivity contribution in [3.63, 3.8) is 0 Å². The van der Waals surface area contributed by atoms with Crippen LogP contribution in [0.2, 0.25) is 0 Å². The van der Waals surface area contributed by atoms with Gasteiger partial charge in [0.05, 0.1) is 0 Å². The Bertz CT molecular complexity index is 1480. The van der Waals surface area contributed by atoms with Gasteiger partial charge in [0.25, 0.3) is 0 Å². The summed E-state index contributed by atoms with van der Waals surface area (Å²) in [5.41, 5.74) is 3.28. The zero-order valence-corrected chi connectivity index (χ0v) is 29.0. The topological polar surface area (TPSA) is 107 Å². The number of hydrogen-bond acceptors (Lipinski definition) is 7. The van der Waals surface area contributed by atoms with Gasteiger partial charge in [-0.1, -0.05) is 31.1 Å². The fourth-order valence-corrected chi connectivity index (χ4v) is 9.21. The Kier molecular flexibility index (Phi) is 10.0. The second-order valence-electron chi connectivity index (χ2n) is 15.3. The Balaban J connectivity index is 1.55. The second kappa shape index (κ2) is 13.5. The molecule has 0 radical (unpaired) electrons. The highest BCUT2D eigenvalue weighted by molar-refractivity contribution is 5.93. The molecule has 4 aliphatic carbocycles. The first-order chi connectivity index (χ1) is 22.2. The zero-order chi connectivity index (χ0) is 34.1. The van der Waals surface area contributed by atoms with Gasteiger partial charge in [-0.2, -0.15) is 0 Å². The van der Waals surface area contributed by atoms with Gasteiger partial charge < -0.3 is 14.3 Å². The number of aldehydes is 1. The van der Waals surface area contributed by atoms with E-state index < -0.39 is 28.7 Å². The molecule has 8 heteroatoms. The highest BCUT2D eigenvalue weighted by atomic mass is 16.6. The molecule has 8 nitrogen and oxygen atoms in total. The summed E-state index contributed by atoms with van der Waals surface area (Å²) in [4.78, 5) is 64.2. The molecule has 0 bridgehead atoms. The number of unbranched alkanes of at least 4 members (excludes halogenated alkanes) is 3. The summed E-state index contributed by atoms with van der Waals surface area (Å²) in [6, 6.07) is 8.12. The average Bonchev–Trinajstić information content (AvgIpc) is 3.29. The van der Waals surface area contributed by atoms with Gasteiger partial charge in [0.15, 0.2) is 17.2 Å². The minimum Gasteiger partial charge on any atom is -0.451 e. The fraction of sp³-hybridized carbons (Fsp3) is 0.615. The summed E-state index contributed by atoms with van der Waals surface area (Å²) in [6.07, 6.45) is 10.2. The average molecular weight is 646 g/mol. The van der Waals surface area contributed by atoms with Gasteiger partial charge in [0.1, 0.15) is 11.9 Å². The standard InChI is InChI=1S/C39H51NO7/c1-25(42)39(46-26(2)43)20-19-34-32-17-13-28-23-30(44)16-18-31(28)35(32)33(24-38(34,39)6)27-11-14-29(15-12-27)40(21-9-7-8-10-22-41)36(45)47-37(3,4)5/h11-12,14-15,22-23,32-34H,7-10,13,16-21,24H2,1-6H3/t32-,33+,34-,38-,39-/m0/s1. The predicted octanol–water partition coefficient (Wildman–Crippen LogP) is 7.98. The smallest absolute Gasteiger partial charge is 0.414 e. The summed E-state index contributed by atoms with van der Waals surface area (Å²) < 4.78 is 11.8. The SMILES string of the molecule is CC(=O)O[C@]1(C(C)=O)CC[C@H]2[C@@H]3CCC4=CC(=O)CCC4=C3[C@@H](c3ccc(N(CCCCCC=O)C(=O)OC(C)(C)C)cc3)C[C@@]21C. The van der Waals surface area contributed by atoms with E-state index in [9.17, 15) is 24.0 Å². The van der Waals surface area contributed by atoms with Gasteiger partial charge in [-0.05, 0) is 126 Å². The van der Waals surface area contributed by atoms with Crippen LogP contribution in [-0.2, 0) is 28.7 Å². The molecule has 5 rings (SSSR count). The van der Waals surface area contributed by atoms with Crippen LogP contribution in [0.3, 0.4) is 0 Å². The van der Waals surface area contributed by atoms with E-state index in [0.29, 0.717) is 32.2 Å². The van der Waals surface area contributed by atoms with Crippen LogP contribution < -0.4 is 4.90 Å². The number of nitrogens with zero attached hydrogens (tertiary/aromatic N) is 1. The van der Waals surface area contributed by atoms with Crippen molar-refractivity contribution in [2.45, 2.75) is 129 Å². The Morgan fingerprint density at radius 1 is 1.00 bits per heavy atom. The summed E-state index contributed by atoms with van der Waals surface area (Å²) >= 11 is 0. The van der Waals surface area contributed by atoms with Crippen molar-refractivity contribution in [2.75, 3.05) is 11.4 Å². The van der Waals surface area contributed by atoms with E-state index in [1.165, 1.54) is 18.1 Å². The molecular formula is C39H51NO7. The monoisotopic (exact) mass is 645 g/mol. The van der Waals surface area contributed by atoms with Crippen molar-refractivity contribution in [3.05, 3.63) is 52.6 Å². The van der Waals surface area contributed by atoms with Gasteiger partial charge in [-0.3, -0.25) is 19.3 Å². The van der Waals surface area contributed by atoms with Crippen molar-refractivity contribution in [1.82, 2.24) is 0 Å². The quantitative estimate of drug-likeness (QED) is 0.144. The third kappa shape index (κ3) is 6.75. The van der Waals surface area contributed by atoms with E-state index in [2.05, 4.69) is 19.1 Å². The van der Waals surface area contributed by atoms with E-state index >= 15 is 0 Å². The van der Waals surface area contributed by atoms with E-state index in [1.807, 2.05) is 39.0 Å². The molecule has 0 aliphatic heterocycles. The minimum absolute atomic E-state index is 0.0343. The van der Waals surface area contributed by atoms with Crippen LogP contribution in [0.1, 0.15) is 124 Å². The molecule has 0 spiro atoms. The number of carbonyl (C=O) groups is 5. The Morgan fingerprint density at radius 3 is 2.36 bits per heavy atom. The molecule has 1 amide bonds. The second-order valence-corrected chi connectivity index (χ2v) is 15.3. The number of hydrogen-bond donors (Lipinski definition) is 0. The lowest BCUT2D eigenvalue weighted by molar-refractivity contribution is -0.182.